The molecule has 0 aliphatic carbocycles. The highest BCUT2D eigenvalue weighted by Crippen LogP contribution is 2.38. The monoisotopic (exact) mass is 289 g/mol. The highest BCUT2D eigenvalue weighted by molar-refractivity contribution is 8.00. The third kappa shape index (κ3) is 3.73. The number of benzene rings is 1. The van der Waals surface area contributed by atoms with E-state index in [1.807, 2.05) is 0 Å². The van der Waals surface area contributed by atoms with E-state index < -0.39 is 18.0 Å². The maximum Gasteiger partial charge on any atom is 0.402 e. The Bertz CT molecular complexity index is 370. The quantitative estimate of drug-likeness (QED) is 0.852. The molecule has 0 heterocycles. The Labute approximate surface area is 105 Å². The first-order valence-corrected chi connectivity index (χ1v) is 5.86. The van der Waals surface area contributed by atoms with Crippen LogP contribution in [0.4, 0.5) is 13.2 Å². The van der Waals surface area contributed by atoms with Gasteiger partial charge in [0.05, 0.1) is 5.02 Å². The second kappa shape index (κ2) is 5.49. The molecule has 1 nitrogen and oxygen atoms in total. The summed E-state index contributed by atoms with van der Waals surface area (Å²) >= 11 is 12.0. The fraction of sp³-hybridized carbons (Fsp3) is 0.333. The van der Waals surface area contributed by atoms with Gasteiger partial charge in [-0.1, -0.05) is 23.2 Å². The van der Waals surface area contributed by atoms with Crippen molar-refractivity contribution < 1.29 is 13.2 Å². The Kier molecular flexibility index (Phi) is 4.79. The topological polar surface area (TPSA) is 26.0 Å². The zero-order chi connectivity index (χ0) is 12.3. The average molecular weight is 290 g/mol. The summed E-state index contributed by atoms with van der Waals surface area (Å²) in [6.45, 7) is -0.503. The van der Waals surface area contributed by atoms with Crippen molar-refractivity contribution in [1.82, 2.24) is 0 Å². The standard InChI is InChI=1S/C9H8Cl2F3NS/c10-5-1-2-6(11)7(3-5)16-8(4-15)9(12,13)14/h1-3,8H,4,15H2. The van der Waals surface area contributed by atoms with E-state index in [1.54, 1.807) is 0 Å². The average Bonchev–Trinajstić information content (AvgIpc) is 2.17. The van der Waals surface area contributed by atoms with E-state index in [1.165, 1.54) is 18.2 Å². The lowest BCUT2D eigenvalue weighted by Gasteiger charge is -2.18. The third-order valence-corrected chi connectivity index (χ3v) is 3.75. The van der Waals surface area contributed by atoms with Crippen LogP contribution in [0.3, 0.4) is 0 Å². The Morgan fingerprint density at radius 3 is 2.44 bits per heavy atom. The van der Waals surface area contributed by atoms with Gasteiger partial charge in [-0.3, -0.25) is 0 Å². The van der Waals surface area contributed by atoms with Crippen LogP contribution in [0.25, 0.3) is 0 Å². The minimum atomic E-state index is -4.36. The molecule has 0 amide bonds. The fourth-order valence-corrected chi connectivity index (χ4v) is 2.37. The normalized spacial score (nSPS) is 13.9. The van der Waals surface area contributed by atoms with Gasteiger partial charge in [-0.25, -0.2) is 0 Å². The van der Waals surface area contributed by atoms with Crippen LogP contribution < -0.4 is 5.73 Å². The van der Waals surface area contributed by atoms with Crippen molar-refractivity contribution in [3.63, 3.8) is 0 Å². The van der Waals surface area contributed by atoms with Gasteiger partial charge >= 0.3 is 6.18 Å². The van der Waals surface area contributed by atoms with Crippen molar-refractivity contribution in [2.24, 2.45) is 5.73 Å². The minimum absolute atomic E-state index is 0.233. The lowest BCUT2D eigenvalue weighted by molar-refractivity contribution is -0.126. The van der Waals surface area contributed by atoms with E-state index in [-0.39, 0.29) is 9.92 Å². The van der Waals surface area contributed by atoms with Crippen LogP contribution in [-0.4, -0.2) is 18.0 Å². The van der Waals surface area contributed by atoms with E-state index in [0.717, 1.165) is 0 Å². The molecule has 90 valence electrons. The number of thioether (sulfide) groups is 1. The van der Waals surface area contributed by atoms with Crippen LogP contribution >= 0.6 is 35.0 Å². The van der Waals surface area contributed by atoms with Crippen LogP contribution in [0.5, 0.6) is 0 Å². The molecule has 0 aliphatic rings. The number of nitrogens with two attached hydrogens (primary N) is 1. The van der Waals surface area contributed by atoms with Crippen molar-refractivity contribution in [2.45, 2.75) is 16.3 Å². The smallest absolute Gasteiger partial charge is 0.329 e. The molecule has 16 heavy (non-hydrogen) atoms. The molecule has 0 radical (unpaired) electrons. The van der Waals surface area contributed by atoms with Gasteiger partial charge in [-0.15, -0.1) is 11.8 Å². The molecule has 2 N–H and O–H groups in total. The lowest BCUT2D eigenvalue weighted by Crippen LogP contribution is -2.32. The number of rotatable bonds is 3. The number of halogens is 5. The fourth-order valence-electron chi connectivity index (χ4n) is 0.969. The van der Waals surface area contributed by atoms with Gasteiger partial charge in [0.1, 0.15) is 5.25 Å². The van der Waals surface area contributed by atoms with Crippen molar-refractivity contribution >= 4 is 35.0 Å². The van der Waals surface area contributed by atoms with E-state index in [9.17, 15) is 13.2 Å². The first-order chi connectivity index (χ1) is 7.34. The maximum atomic E-state index is 12.5. The predicted molar refractivity (Wildman–Crippen MR) is 61.2 cm³/mol. The lowest BCUT2D eigenvalue weighted by atomic mass is 10.4. The van der Waals surface area contributed by atoms with Crippen molar-refractivity contribution in [3.8, 4) is 0 Å². The van der Waals surface area contributed by atoms with Crippen molar-refractivity contribution in [3.05, 3.63) is 28.2 Å². The molecule has 0 spiro atoms. The summed E-state index contributed by atoms with van der Waals surface area (Å²) in [5, 5.41) is -1.11. The second-order valence-electron chi connectivity index (χ2n) is 2.96. The summed E-state index contributed by atoms with van der Waals surface area (Å²) in [6.07, 6.45) is -4.36. The summed E-state index contributed by atoms with van der Waals surface area (Å²) < 4.78 is 37.4. The van der Waals surface area contributed by atoms with E-state index in [2.05, 4.69) is 0 Å². The van der Waals surface area contributed by atoms with E-state index >= 15 is 0 Å². The summed E-state index contributed by atoms with van der Waals surface area (Å²) in [6, 6.07) is 4.36. The van der Waals surface area contributed by atoms with Crippen LogP contribution in [-0.2, 0) is 0 Å². The molecule has 0 bridgehead atoms. The van der Waals surface area contributed by atoms with Crippen molar-refractivity contribution in [1.29, 1.82) is 0 Å². The van der Waals surface area contributed by atoms with Crippen LogP contribution in [0, 0.1) is 0 Å². The summed E-state index contributed by atoms with van der Waals surface area (Å²) in [5.41, 5.74) is 5.08. The summed E-state index contributed by atoms with van der Waals surface area (Å²) in [7, 11) is 0. The largest absolute Gasteiger partial charge is 0.402 e. The van der Waals surface area contributed by atoms with Gasteiger partial charge < -0.3 is 5.73 Å². The molecular formula is C9H8Cl2F3NS. The van der Waals surface area contributed by atoms with Gasteiger partial charge in [-0.2, -0.15) is 13.2 Å². The first-order valence-electron chi connectivity index (χ1n) is 4.23. The number of hydrogen-bond acceptors (Lipinski definition) is 2. The second-order valence-corrected chi connectivity index (χ2v) is 5.05. The number of alkyl halides is 3. The molecule has 1 aromatic rings. The highest BCUT2D eigenvalue weighted by atomic mass is 35.5. The van der Waals surface area contributed by atoms with Crippen LogP contribution in [0.1, 0.15) is 0 Å². The van der Waals surface area contributed by atoms with Gasteiger partial charge in [0.15, 0.2) is 0 Å². The molecule has 0 fully saturated rings. The molecule has 0 aromatic heterocycles. The van der Waals surface area contributed by atoms with Gasteiger partial charge in [0.2, 0.25) is 0 Å². The molecule has 1 aromatic carbocycles. The zero-order valence-electron chi connectivity index (χ0n) is 7.89. The predicted octanol–water partition coefficient (Wildman–Crippen LogP) is 3.98. The molecule has 1 rings (SSSR count). The van der Waals surface area contributed by atoms with Crippen molar-refractivity contribution in [2.75, 3.05) is 6.54 Å². The molecule has 0 saturated heterocycles. The molecule has 0 aliphatic heterocycles. The molecule has 7 heteroatoms. The Hall–Kier alpha value is -0.100. The summed E-state index contributed by atoms with van der Waals surface area (Å²) in [5.74, 6) is 0. The Balaban J connectivity index is 2.90. The summed E-state index contributed by atoms with van der Waals surface area (Å²) in [4.78, 5) is 0.280. The maximum absolute atomic E-state index is 12.5. The molecule has 1 unspecified atom stereocenters. The van der Waals surface area contributed by atoms with E-state index in [0.29, 0.717) is 16.8 Å². The molecular weight excluding hydrogens is 282 g/mol. The first kappa shape index (κ1) is 14.0. The van der Waals surface area contributed by atoms with Crippen LogP contribution in [0.15, 0.2) is 23.1 Å². The van der Waals surface area contributed by atoms with Gasteiger partial charge in [-0.05, 0) is 18.2 Å². The van der Waals surface area contributed by atoms with Crippen LogP contribution in [0.2, 0.25) is 10.0 Å². The highest BCUT2D eigenvalue weighted by Gasteiger charge is 2.39. The van der Waals surface area contributed by atoms with E-state index in [4.69, 9.17) is 28.9 Å². The molecule has 0 saturated carbocycles. The minimum Gasteiger partial charge on any atom is -0.329 e. The molecule has 1 atom stereocenters. The third-order valence-electron chi connectivity index (χ3n) is 1.74. The Morgan fingerprint density at radius 1 is 1.31 bits per heavy atom. The Morgan fingerprint density at radius 2 is 1.94 bits per heavy atom. The SMILES string of the molecule is NCC(Sc1cc(Cl)ccc1Cl)C(F)(F)F. The van der Waals surface area contributed by atoms with Gasteiger partial charge in [0, 0.05) is 16.5 Å². The van der Waals surface area contributed by atoms with Gasteiger partial charge in [0.25, 0.3) is 0 Å². The zero-order valence-corrected chi connectivity index (χ0v) is 10.2. The number of hydrogen-bond donors (Lipinski definition) is 1.